The van der Waals surface area contributed by atoms with Gasteiger partial charge in [0.25, 0.3) is 5.56 Å². The molecule has 100 valence electrons. The minimum absolute atomic E-state index is 0.142. The van der Waals surface area contributed by atoms with Crippen molar-refractivity contribution < 1.29 is 14.6 Å². The number of hydrogen-bond acceptors (Lipinski definition) is 5. The highest BCUT2D eigenvalue weighted by Gasteiger charge is 2.13. The number of aromatic amines is 1. The van der Waals surface area contributed by atoms with E-state index in [1.165, 1.54) is 14.2 Å². The molecule has 1 aromatic carbocycles. The average molecular weight is 374 g/mol. The van der Waals surface area contributed by atoms with Gasteiger partial charge in [-0.2, -0.15) is 4.98 Å². The van der Waals surface area contributed by atoms with E-state index < -0.39 is 5.56 Å². The van der Waals surface area contributed by atoms with Crippen LogP contribution < -0.4 is 15.0 Å². The van der Waals surface area contributed by atoms with E-state index in [9.17, 15) is 9.90 Å². The van der Waals surface area contributed by atoms with Gasteiger partial charge in [0.15, 0.2) is 0 Å². The number of methoxy groups -OCH3 is 2. The minimum atomic E-state index is -0.409. The Morgan fingerprint density at radius 3 is 2.63 bits per heavy atom. The van der Waals surface area contributed by atoms with Crippen LogP contribution in [0.2, 0.25) is 0 Å². The van der Waals surface area contributed by atoms with E-state index >= 15 is 0 Å². The molecule has 0 unspecified atom stereocenters. The van der Waals surface area contributed by atoms with Crippen LogP contribution in [0.15, 0.2) is 23.0 Å². The minimum Gasteiger partial charge on any atom is -0.497 e. The van der Waals surface area contributed by atoms with Crippen LogP contribution in [0.5, 0.6) is 17.4 Å². The molecule has 0 saturated heterocycles. The van der Waals surface area contributed by atoms with Gasteiger partial charge >= 0.3 is 0 Å². The Bertz CT molecular complexity index is 669. The maximum Gasteiger partial charge on any atom is 0.268 e. The number of H-pyrrole nitrogens is 1. The highest BCUT2D eigenvalue weighted by Crippen LogP contribution is 2.31. The van der Waals surface area contributed by atoms with E-state index in [0.717, 1.165) is 0 Å². The molecule has 1 heterocycles. The van der Waals surface area contributed by atoms with Crippen molar-refractivity contribution in [1.29, 1.82) is 0 Å². The van der Waals surface area contributed by atoms with E-state index in [1.54, 1.807) is 40.8 Å². The summed E-state index contributed by atoms with van der Waals surface area (Å²) in [4.78, 5) is 18.2. The standard InChI is InChI=1S/C12H11IN2O4/c1-18-6-3-4-8(19-2)7(5-6)10-14-11(16)9(13)12(17)15-10/h3-5H,1-2H3,(H2,14,15,16,17). The lowest BCUT2D eigenvalue weighted by molar-refractivity contribution is 0.404. The largest absolute Gasteiger partial charge is 0.497 e. The molecule has 0 radical (unpaired) electrons. The predicted molar refractivity (Wildman–Crippen MR) is 77.8 cm³/mol. The van der Waals surface area contributed by atoms with Crippen molar-refractivity contribution in [2.75, 3.05) is 14.2 Å². The van der Waals surface area contributed by atoms with E-state index in [4.69, 9.17) is 9.47 Å². The SMILES string of the molecule is COc1ccc(OC)c(-c2nc(O)c(I)c(=O)[nH]2)c1. The molecule has 1 aromatic heterocycles. The van der Waals surface area contributed by atoms with Gasteiger partial charge in [-0.1, -0.05) is 0 Å². The lowest BCUT2D eigenvalue weighted by Crippen LogP contribution is -2.12. The van der Waals surface area contributed by atoms with Gasteiger partial charge in [-0.05, 0) is 40.8 Å². The second-order valence-electron chi connectivity index (χ2n) is 3.62. The molecule has 0 saturated carbocycles. The maximum atomic E-state index is 11.7. The summed E-state index contributed by atoms with van der Waals surface area (Å²) in [6.45, 7) is 0. The zero-order valence-electron chi connectivity index (χ0n) is 10.2. The molecule has 0 bridgehead atoms. The summed E-state index contributed by atoms with van der Waals surface area (Å²) >= 11 is 1.72. The zero-order valence-corrected chi connectivity index (χ0v) is 12.4. The first-order chi connectivity index (χ1) is 9.06. The second kappa shape index (κ2) is 5.47. The third kappa shape index (κ3) is 2.65. The number of halogens is 1. The monoisotopic (exact) mass is 374 g/mol. The first-order valence-corrected chi connectivity index (χ1v) is 6.36. The summed E-state index contributed by atoms with van der Waals surface area (Å²) in [7, 11) is 3.04. The van der Waals surface area contributed by atoms with Gasteiger partial charge in [0.2, 0.25) is 5.88 Å². The van der Waals surface area contributed by atoms with Crippen LogP contribution in [0.3, 0.4) is 0 Å². The number of rotatable bonds is 3. The number of nitrogens with one attached hydrogen (secondary N) is 1. The van der Waals surface area contributed by atoms with Crippen molar-refractivity contribution in [3.05, 3.63) is 32.1 Å². The smallest absolute Gasteiger partial charge is 0.268 e. The second-order valence-corrected chi connectivity index (χ2v) is 4.70. The fourth-order valence-electron chi connectivity index (χ4n) is 1.57. The maximum absolute atomic E-state index is 11.7. The van der Waals surface area contributed by atoms with Crippen molar-refractivity contribution in [3.8, 4) is 28.8 Å². The highest BCUT2D eigenvalue weighted by molar-refractivity contribution is 14.1. The van der Waals surface area contributed by atoms with Gasteiger partial charge in [0.1, 0.15) is 20.9 Å². The van der Waals surface area contributed by atoms with Gasteiger partial charge in [-0.25, -0.2) is 0 Å². The Kier molecular flexibility index (Phi) is 3.93. The van der Waals surface area contributed by atoms with Gasteiger partial charge in [0, 0.05) is 0 Å². The first kappa shape index (κ1) is 13.7. The Morgan fingerprint density at radius 2 is 2.05 bits per heavy atom. The normalized spacial score (nSPS) is 10.3. The van der Waals surface area contributed by atoms with Crippen molar-refractivity contribution in [3.63, 3.8) is 0 Å². The van der Waals surface area contributed by atoms with Crippen LogP contribution in [0.1, 0.15) is 0 Å². The van der Waals surface area contributed by atoms with Crippen LogP contribution in [0, 0.1) is 3.57 Å². The predicted octanol–water partition coefficient (Wildman–Crippen LogP) is 1.76. The lowest BCUT2D eigenvalue weighted by atomic mass is 10.1. The summed E-state index contributed by atoms with van der Waals surface area (Å²) in [5.41, 5.74) is 0.124. The number of benzene rings is 1. The number of nitrogens with zero attached hydrogens (tertiary/aromatic N) is 1. The molecule has 2 aromatic rings. The molecular formula is C12H11IN2O4. The molecule has 2 rings (SSSR count). The third-order valence-corrected chi connectivity index (χ3v) is 3.48. The van der Waals surface area contributed by atoms with Crippen molar-refractivity contribution in [2.24, 2.45) is 0 Å². The molecule has 2 N–H and O–H groups in total. The average Bonchev–Trinajstić information content (AvgIpc) is 2.43. The summed E-state index contributed by atoms with van der Waals surface area (Å²) in [6.07, 6.45) is 0. The van der Waals surface area contributed by atoms with Gasteiger partial charge < -0.3 is 19.6 Å². The quantitative estimate of drug-likeness (QED) is 0.800. The molecule has 0 aliphatic carbocycles. The lowest BCUT2D eigenvalue weighted by Gasteiger charge is -2.10. The summed E-state index contributed by atoms with van der Waals surface area (Å²) < 4.78 is 10.5. The highest BCUT2D eigenvalue weighted by atomic mass is 127. The third-order valence-electron chi connectivity index (χ3n) is 2.51. The molecule has 6 nitrogen and oxygen atoms in total. The molecule has 0 amide bonds. The molecule has 0 spiro atoms. The molecule has 0 fully saturated rings. The van der Waals surface area contributed by atoms with E-state index in [-0.39, 0.29) is 15.3 Å². The van der Waals surface area contributed by atoms with E-state index in [1.807, 2.05) is 0 Å². The number of hydrogen-bond donors (Lipinski definition) is 2. The van der Waals surface area contributed by atoms with Crippen LogP contribution in [0.25, 0.3) is 11.4 Å². The topological polar surface area (TPSA) is 84.4 Å². The molecular weight excluding hydrogens is 363 g/mol. The number of aromatic nitrogens is 2. The van der Waals surface area contributed by atoms with Crippen LogP contribution in [0.4, 0.5) is 0 Å². The van der Waals surface area contributed by atoms with Gasteiger partial charge in [-0.15, -0.1) is 0 Å². The van der Waals surface area contributed by atoms with Crippen molar-refractivity contribution in [1.82, 2.24) is 9.97 Å². The Hall–Kier alpha value is -1.77. The molecule has 0 aliphatic heterocycles. The Morgan fingerprint density at radius 1 is 1.32 bits per heavy atom. The van der Waals surface area contributed by atoms with Gasteiger partial charge in [0.05, 0.1) is 19.8 Å². The molecule has 0 atom stereocenters. The summed E-state index contributed by atoms with van der Waals surface area (Å²) in [5.74, 6) is 1.02. The summed E-state index contributed by atoms with van der Waals surface area (Å²) in [6, 6.07) is 5.10. The molecule has 0 aliphatic rings. The molecule has 7 heteroatoms. The van der Waals surface area contributed by atoms with Crippen LogP contribution in [-0.4, -0.2) is 29.3 Å². The zero-order chi connectivity index (χ0) is 14.0. The molecule has 19 heavy (non-hydrogen) atoms. The van der Waals surface area contributed by atoms with E-state index in [2.05, 4.69) is 9.97 Å². The van der Waals surface area contributed by atoms with Crippen LogP contribution >= 0.6 is 22.6 Å². The Balaban J connectivity index is 2.66. The fraction of sp³-hybridized carbons (Fsp3) is 0.167. The fourth-order valence-corrected chi connectivity index (χ4v) is 1.83. The number of aromatic hydroxyl groups is 1. The Labute approximate surface area is 122 Å². The van der Waals surface area contributed by atoms with Crippen molar-refractivity contribution >= 4 is 22.6 Å². The first-order valence-electron chi connectivity index (χ1n) is 5.28. The number of ether oxygens (including phenoxy) is 2. The summed E-state index contributed by atoms with van der Waals surface area (Å²) in [5, 5.41) is 9.62. The van der Waals surface area contributed by atoms with E-state index in [0.29, 0.717) is 17.1 Å². The van der Waals surface area contributed by atoms with Crippen molar-refractivity contribution in [2.45, 2.75) is 0 Å². The van der Waals surface area contributed by atoms with Crippen LogP contribution in [-0.2, 0) is 0 Å². The van der Waals surface area contributed by atoms with Gasteiger partial charge in [-0.3, -0.25) is 4.79 Å².